The van der Waals surface area contributed by atoms with Crippen molar-refractivity contribution >= 4 is 21.4 Å². The molecule has 0 bridgehead atoms. The van der Waals surface area contributed by atoms with Crippen LogP contribution in [0.15, 0.2) is 18.2 Å². The maximum atomic E-state index is 12.0. The molecule has 96 valence electrons. The number of benzene rings is 1. The van der Waals surface area contributed by atoms with E-state index >= 15 is 0 Å². The van der Waals surface area contributed by atoms with E-state index in [-0.39, 0.29) is 5.75 Å². The summed E-state index contributed by atoms with van der Waals surface area (Å²) in [6.07, 6.45) is 0.478. The Kier molecular flexibility index (Phi) is 4.98. The third-order valence-electron chi connectivity index (χ3n) is 2.75. The molecule has 0 aliphatic carbocycles. The van der Waals surface area contributed by atoms with Crippen molar-refractivity contribution in [2.24, 2.45) is 5.73 Å². The van der Waals surface area contributed by atoms with Gasteiger partial charge in [0.25, 0.3) is 0 Å². The molecule has 1 atom stereocenters. The van der Waals surface area contributed by atoms with Gasteiger partial charge in [-0.1, -0.05) is 23.7 Å². The number of rotatable bonds is 5. The van der Waals surface area contributed by atoms with Crippen LogP contribution in [0.3, 0.4) is 0 Å². The molecule has 0 aromatic heterocycles. The van der Waals surface area contributed by atoms with Crippen molar-refractivity contribution in [3.8, 4) is 0 Å². The molecule has 1 aromatic carbocycles. The molecule has 3 nitrogen and oxygen atoms in total. The van der Waals surface area contributed by atoms with Crippen LogP contribution in [-0.4, -0.2) is 20.2 Å². The van der Waals surface area contributed by atoms with Gasteiger partial charge < -0.3 is 5.73 Å². The van der Waals surface area contributed by atoms with Crippen LogP contribution in [0.25, 0.3) is 0 Å². The summed E-state index contributed by atoms with van der Waals surface area (Å²) in [5.74, 6) is -0.0206. The monoisotopic (exact) mass is 275 g/mol. The molecule has 0 aliphatic rings. The first-order valence-corrected chi connectivity index (χ1v) is 7.63. The van der Waals surface area contributed by atoms with Crippen molar-refractivity contribution < 1.29 is 8.42 Å². The minimum Gasteiger partial charge on any atom is -0.330 e. The molecule has 1 rings (SSSR count). The molecule has 1 unspecified atom stereocenters. The molecule has 0 amide bonds. The van der Waals surface area contributed by atoms with Gasteiger partial charge in [-0.05, 0) is 44.0 Å². The number of halogens is 1. The third kappa shape index (κ3) is 3.98. The number of hydrogen-bond acceptors (Lipinski definition) is 3. The van der Waals surface area contributed by atoms with Crippen LogP contribution in [0.4, 0.5) is 0 Å². The first kappa shape index (κ1) is 14.5. The normalized spacial score (nSPS) is 13.6. The lowest BCUT2D eigenvalue weighted by Crippen LogP contribution is -2.22. The molecule has 0 fully saturated rings. The maximum absolute atomic E-state index is 12.0. The van der Waals surface area contributed by atoms with E-state index in [0.29, 0.717) is 23.6 Å². The zero-order valence-corrected chi connectivity index (χ0v) is 11.7. The van der Waals surface area contributed by atoms with Crippen LogP contribution in [0, 0.1) is 6.92 Å². The molecule has 0 aliphatic heterocycles. The number of hydrogen-bond donors (Lipinski definition) is 1. The number of nitrogens with two attached hydrogens (primary N) is 1. The van der Waals surface area contributed by atoms with Crippen molar-refractivity contribution in [2.45, 2.75) is 31.3 Å². The third-order valence-corrected chi connectivity index (χ3v) is 5.28. The quantitative estimate of drug-likeness (QED) is 0.897. The predicted molar refractivity (Wildman–Crippen MR) is 71.9 cm³/mol. The van der Waals surface area contributed by atoms with E-state index in [1.54, 1.807) is 19.1 Å². The van der Waals surface area contributed by atoms with Gasteiger partial charge in [0, 0.05) is 5.02 Å². The van der Waals surface area contributed by atoms with Gasteiger partial charge >= 0.3 is 0 Å². The Bertz CT molecular complexity index is 485. The Balaban J connectivity index is 2.90. The van der Waals surface area contributed by atoms with Gasteiger partial charge in [0.05, 0.1) is 11.0 Å². The zero-order chi connectivity index (χ0) is 13.1. The lowest BCUT2D eigenvalue weighted by molar-refractivity contribution is 0.577. The Morgan fingerprint density at radius 1 is 1.41 bits per heavy atom. The summed E-state index contributed by atoms with van der Waals surface area (Å²) in [6, 6.07) is 5.41. The minimum atomic E-state index is -3.18. The standard InChI is InChI=1S/C12H18ClNO2S/c1-9-3-4-11(12(13)7-9)8-17(15,16)10(2)5-6-14/h3-4,7,10H,5-6,8,14H2,1-2H3. The van der Waals surface area contributed by atoms with Crippen molar-refractivity contribution in [1.29, 1.82) is 0 Å². The zero-order valence-electron chi connectivity index (χ0n) is 10.1. The molecule has 2 N–H and O–H groups in total. The van der Waals surface area contributed by atoms with Crippen LogP contribution >= 0.6 is 11.6 Å². The van der Waals surface area contributed by atoms with Crippen LogP contribution in [0.2, 0.25) is 5.02 Å². The summed E-state index contributed by atoms with van der Waals surface area (Å²) in [5.41, 5.74) is 7.05. The van der Waals surface area contributed by atoms with Crippen molar-refractivity contribution in [3.05, 3.63) is 34.3 Å². The smallest absolute Gasteiger partial charge is 0.157 e. The molecule has 17 heavy (non-hydrogen) atoms. The molecule has 0 spiro atoms. The number of aryl methyl sites for hydroxylation is 1. The molecule has 0 heterocycles. The van der Waals surface area contributed by atoms with E-state index in [2.05, 4.69) is 0 Å². The molecule has 0 saturated carbocycles. The Morgan fingerprint density at radius 3 is 2.59 bits per heavy atom. The summed E-state index contributed by atoms with van der Waals surface area (Å²) in [6.45, 7) is 3.98. The van der Waals surface area contributed by atoms with E-state index < -0.39 is 15.1 Å². The van der Waals surface area contributed by atoms with Gasteiger partial charge in [0.1, 0.15) is 0 Å². The van der Waals surface area contributed by atoms with Crippen LogP contribution in [-0.2, 0) is 15.6 Å². The van der Waals surface area contributed by atoms with E-state index in [4.69, 9.17) is 17.3 Å². The van der Waals surface area contributed by atoms with Gasteiger partial charge in [-0.25, -0.2) is 8.42 Å². The fraction of sp³-hybridized carbons (Fsp3) is 0.500. The second-order valence-electron chi connectivity index (χ2n) is 4.29. The van der Waals surface area contributed by atoms with Crippen LogP contribution in [0.1, 0.15) is 24.5 Å². The molecular formula is C12H18ClNO2S. The van der Waals surface area contributed by atoms with Gasteiger partial charge in [-0.15, -0.1) is 0 Å². The summed E-state index contributed by atoms with van der Waals surface area (Å²) >= 11 is 6.03. The maximum Gasteiger partial charge on any atom is 0.157 e. The highest BCUT2D eigenvalue weighted by Crippen LogP contribution is 2.22. The van der Waals surface area contributed by atoms with Crippen LogP contribution < -0.4 is 5.73 Å². The van der Waals surface area contributed by atoms with E-state index in [1.807, 2.05) is 13.0 Å². The fourth-order valence-corrected chi connectivity index (χ4v) is 3.39. The minimum absolute atomic E-state index is 0.0206. The summed E-state index contributed by atoms with van der Waals surface area (Å²) < 4.78 is 24.0. The number of sulfone groups is 1. The predicted octanol–water partition coefficient (Wildman–Crippen LogP) is 2.30. The lowest BCUT2D eigenvalue weighted by Gasteiger charge is -2.12. The van der Waals surface area contributed by atoms with Crippen molar-refractivity contribution in [1.82, 2.24) is 0 Å². The van der Waals surface area contributed by atoms with Gasteiger partial charge in [0.15, 0.2) is 9.84 Å². The molecule has 0 radical (unpaired) electrons. The fourth-order valence-electron chi connectivity index (χ4n) is 1.54. The van der Waals surface area contributed by atoms with E-state index in [9.17, 15) is 8.42 Å². The second kappa shape index (κ2) is 5.85. The van der Waals surface area contributed by atoms with Gasteiger partial charge in [0.2, 0.25) is 0 Å². The lowest BCUT2D eigenvalue weighted by atomic mass is 10.2. The topological polar surface area (TPSA) is 60.2 Å². The van der Waals surface area contributed by atoms with E-state index in [0.717, 1.165) is 5.56 Å². The summed E-state index contributed by atoms with van der Waals surface area (Å²) in [4.78, 5) is 0. The highest BCUT2D eigenvalue weighted by atomic mass is 35.5. The molecule has 1 aromatic rings. The van der Waals surface area contributed by atoms with Crippen molar-refractivity contribution in [2.75, 3.05) is 6.54 Å². The first-order valence-electron chi connectivity index (χ1n) is 5.53. The molecular weight excluding hydrogens is 258 g/mol. The van der Waals surface area contributed by atoms with Crippen LogP contribution in [0.5, 0.6) is 0 Å². The first-order chi connectivity index (χ1) is 7.86. The van der Waals surface area contributed by atoms with Gasteiger partial charge in [-0.2, -0.15) is 0 Å². The Labute approximate surface area is 108 Å². The second-order valence-corrected chi connectivity index (χ2v) is 7.12. The largest absolute Gasteiger partial charge is 0.330 e. The van der Waals surface area contributed by atoms with E-state index in [1.165, 1.54) is 0 Å². The highest BCUT2D eigenvalue weighted by molar-refractivity contribution is 7.91. The summed E-state index contributed by atoms with van der Waals surface area (Å²) in [5, 5.41) is 0.0818. The Hall–Kier alpha value is -0.580. The SMILES string of the molecule is Cc1ccc(CS(=O)(=O)C(C)CCN)c(Cl)c1. The Morgan fingerprint density at radius 2 is 2.06 bits per heavy atom. The van der Waals surface area contributed by atoms with Crippen molar-refractivity contribution in [3.63, 3.8) is 0 Å². The summed E-state index contributed by atoms with van der Waals surface area (Å²) in [7, 11) is -3.18. The molecule has 0 saturated heterocycles. The average molecular weight is 276 g/mol. The highest BCUT2D eigenvalue weighted by Gasteiger charge is 2.21. The van der Waals surface area contributed by atoms with Gasteiger partial charge in [-0.3, -0.25) is 0 Å². The molecule has 5 heteroatoms. The average Bonchev–Trinajstić information content (AvgIpc) is 2.22.